The van der Waals surface area contributed by atoms with Crippen LogP contribution in [0, 0.1) is 5.82 Å². The highest BCUT2D eigenvalue weighted by Crippen LogP contribution is 2.30. The number of hydrogen-bond acceptors (Lipinski definition) is 2. The number of halogens is 1. The van der Waals surface area contributed by atoms with E-state index >= 15 is 0 Å². The van der Waals surface area contributed by atoms with Crippen molar-refractivity contribution in [3.8, 4) is 0 Å². The first-order valence-corrected chi connectivity index (χ1v) is 6.78. The van der Waals surface area contributed by atoms with Crippen LogP contribution in [0.1, 0.15) is 49.4 Å². The smallest absolute Gasteiger partial charge is 0.152 e. The molecule has 2 nitrogen and oxygen atoms in total. The summed E-state index contributed by atoms with van der Waals surface area (Å²) in [5.41, 5.74) is 0.969. The lowest BCUT2D eigenvalue weighted by atomic mass is 10.1. The average Bonchev–Trinajstić information content (AvgIpc) is 2.63. The zero-order valence-corrected chi connectivity index (χ0v) is 10.9. The Hall–Kier alpha value is -1.38. The van der Waals surface area contributed by atoms with Crippen molar-refractivity contribution in [2.75, 3.05) is 11.4 Å². The monoisotopic (exact) mass is 249 g/mol. The van der Waals surface area contributed by atoms with Gasteiger partial charge in [0.25, 0.3) is 0 Å². The first kappa shape index (κ1) is 13.1. The van der Waals surface area contributed by atoms with Gasteiger partial charge in [-0.25, -0.2) is 4.39 Å². The molecule has 0 aromatic heterocycles. The van der Waals surface area contributed by atoms with E-state index in [1.54, 1.807) is 12.1 Å². The van der Waals surface area contributed by atoms with Gasteiger partial charge in [0.05, 0.1) is 5.69 Å². The lowest BCUT2D eigenvalue weighted by Gasteiger charge is -2.32. The number of aldehydes is 1. The molecule has 0 amide bonds. The largest absolute Gasteiger partial charge is 0.366 e. The van der Waals surface area contributed by atoms with Crippen LogP contribution in [-0.4, -0.2) is 18.9 Å². The van der Waals surface area contributed by atoms with Gasteiger partial charge in [-0.05, 0) is 31.4 Å². The van der Waals surface area contributed by atoms with E-state index in [1.807, 2.05) is 0 Å². The minimum absolute atomic E-state index is 0.278. The summed E-state index contributed by atoms with van der Waals surface area (Å²) in [7, 11) is 0. The molecule has 1 aliphatic heterocycles. The van der Waals surface area contributed by atoms with Crippen LogP contribution in [0.4, 0.5) is 10.1 Å². The Bertz CT molecular complexity index is 419. The number of para-hydroxylation sites is 1. The Labute approximate surface area is 108 Å². The maximum absolute atomic E-state index is 14.1. The molecule has 0 spiro atoms. The van der Waals surface area contributed by atoms with Crippen molar-refractivity contribution in [3.63, 3.8) is 0 Å². The number of carbonyl (C=O) groups is 1. The fourth-order valence-electron chi connectivity index (χ4n) is 2.83. The van der Waals surface area contributed by atoms with Crippen molar-refractivity contribution in [2.24, 2.45) is 0 Å². The average molecular weight is 249 g/mol. The van der Waals surface area contributed by atoms with Gasteiger partial charge in [-0.3, -0.25) is 4.79 Å². The molecule has 0 N–H and O–H groups in total. The third-order valence-electron chi connectivity index (χ3n) is 3.78. The SMILES string of the molecule is CCC1CCCCCN1c1c(F)cccc1C=O. The van der Waals surface area contributed by atoms with Gasteiger partial charge in [-0.1, -0.05) is 25.8 Å². The fraction of sp³-hybridized carbons (Fsp3) is 0.533. The van der Waals surface area contributed by atoms with Crippen molar-refractivity contribution in [1.29, 1.82) is 0 Å². The second-order valence-electron chi connectivity index (χ2n) is 4.90. The summed E-state index contributed by atoms with van der Waals surface area (Å²) in [6.45, 7) is 2.98. The van der Waals surface area contributed by atoms with Crippen molar-refractivity contribution in [1.82, 2.24) is 0 Å². The summed E-state index contributed by atoms with van der Waals surface area (Å²) in [6, 6.07) is 5.09. The van der Waals surface area contributed by atoms with E-state index in [9.17, 15) is 9.18 Å². The molecule has 0 aliphatic carbocycles. The molecule has 1 heterocycles. The number of anilines is 1. The molecule has 1 atom stereocenters. The maximum atomic E-state index is 14.1. The lowest BCUT2D eigenvalue weighted by molar-refractivity contribution is 0.112. The third kappa shape index (κ3) is 2.55. The van der Waals surface area contributed by atoms with Crippen LogP contribution in [0.15, 0.2) is 18.2 Å². The molecule has 1 aromatic rings. The maximum Gasteiger partial charge on any atom is 0.152 e. The van der Waals surface area contributed by atoms with Crippen molar-refractivity contribution in [2.45, 2.75) is 45.1 Å². The van der Waals surface area contributed by atoms with Crippen LogP contribution in [0.25, 0.3) is 0 Å². The number of benzene rings is 1. The number of hydrogen-bond donors (Lipinski definition) is 0. The number of nitrogens with zero attached hydrogens (tertiary/aromatic N) is 1. The minimum atomic E-state index is -0.278. The highest BCUT2D eigenvalue weighted by Gasteiger charge is 2.24. The molecule has 0 saturated carbocycles. The first-order chi connectivity index (χ1) is 8.77. The van der Waals surface area contributed by atoms with E-state index < -0.39 is 0 Å². The summed E-state index contributed by atoms with van der Waals surface area (Å²) >= 11 is 0. The van der Waals surface area contributed by atoms with E-state index in [0.29, 0.717) is 17.3 Å². The fourth-order valence-corrected chi connectivity index (χ4v) is 2.83. The van der Waals surface area contributed by atoms with Gasteiger partial charge in [-0.2, -0.15) is 0 Å². The van der Waals surface area contributed by atoms with Gasteiger partial charge < -0.3 is 4.90 Å². The van der Waals surface area contributed by atoms with E-state index in [4.69, 9.17) is 0 Å². The van der Waals surface area contributed by atoms with Gasteiger partial charge in [0.15, 0.2) is 6.29 Å². The summed E-state index contributed by atoms with van der Waals surface area (Å²) < 4.78 is 14.1. The first-order valence-electron chi connectivity index (χ1n) is 6.78. The van der Waals surface area contributed by atoms with E-state index in [0.717, 1.165) is 32.1 Å². The topological polar surface area (TPSA) is 20.3 Å². The Morgan fingerprint density at radius 1 is 1.39 bits per heavy atom. The van der Waals surface area contributed by atoms with E-state index in [1.165, 1.54) is 18.9 Å². The molecule has 1 aliphatic rings. The second-order valence-corrected chi connectivity index (χ2v) is 4.90. The molecule has 18 heavy (non-hydrogen) atoms. The predicted molar refractivity (Wildman–Crippen MR) is 71.7 cm³/mol. The molecule has 1 fully saturated rings. The van der Waals surface area contributed by atoms with Crippen molar-refractivity contribution in [3.05, 3.63) is 29.6 Å². The summed E-state index contributed by atoms with van der Waals surface area (Å²) in [5.74, 6) is -0.278. The van der Waals surface area contributed by atoms with Gasteiger partial charge in [-0.15, -0.1) is 0 Å². The number of carbonyl (C=O) groups excluding carboxylic acids is 1. The van der Waals surface area contributed by atoms with Crippen LogP contribution in [-0.2, 0) is 0 Å². The molecule has 3 heteroatoms. The van der Waals surface area contributed by atoms with Gasteiger partial charge in [0, 0.05) is 18.2 Å². The quantitative estimate of drug-likeness (QED) is 0.759. The van der Waals surface area contributed by atoms with Gasteiger partial charge >= 0.3 is 0 Å². The molecular weight excluding hydrogens is 229 g/mol. The Balaban J connectivity index is 2.40. The van der Waals surface area contributed by atoms with Gasteiger partial charge in [0.1, 0.15) is 5.82 Å². The molecule has 0 radical (unpaired) electrons. The highest BCUT2D eigenvalue weighted by atomic mass is 19.1. The van der Waals surface area contributed by atoms with Crippen LogP contribution < -0.4 is 4.90 Å². The van der Waals surface area contributed by atoms with Crippen LogP contribution in [0.2, 0.25) is 0 Å². The lowest BCUT2D eigenvalue weighted by Crippen LogP contribution is -2.35. The predicted octanol–water partition coefficient (Wildman–Crippen LogP) is 3.80. The Kier molecular flexibility index (Phi) is 4.34. The van der Waals surface area contributed by atoms with Crippen LogP contribution in [0.5, 0.6) is 0 Å². The molecule has 1 aromatic carbocycles. The molecule has 98 valence electrons. The normalized spacial score (nSPS) is 20.6. The van der Waals surface area contributed by atoms with E-state index in [2.05, 4.69) is 11.8 Å². The van der Waals surface area contributed by atoms with Gasteiger partial charge in [0.2, 0.25) is 0 Å². The van der Waals surface area contributed by atoms with Crippen molar-refractivity contribution < 1.29 is 9.18 Å². The molecule has 1 unspecified atom stereocenters. The zero-order chi connectivity index (χ0) is 13.0. The summed E-state index contributed by atoms with van der Waals surface area (Å²) in [4.78, 5) is 13.2. The molecular formula is C15H20FNO. The molecule has 0 bridgehead atoms. The van der Waals surface area contributed by atoms with Crippen LogP contribution >= 0.6 is 0 Å². The number of rotatable bonds is 3. The summed E-state index contributed by atoms with van der Waals surface area (Å²) in [5, 5.41) is 0. The minimum Gasteiger partial charge on any atom is -0.366 e. The van der Waals surface area contributed by atoms with Crippen LogP contribution in [0.3, 0.4) is 0 Å². The molecule has 2 rings (SSSR count). The third-order valence-corrected chi connectivity index (χ3v) is 3.78. The second kappa shape index (κ2) is 5.98. The standard InChI is InChI=1S/C15H20FNO/c1-2-13-8-4-3-5-10-17(13)15-12(11-18)7-6-9-14(15)16/h6-7,9,11,13H,2-5,8,10H2,1H3. The summed E-state index contributed by atoms with van der Waals surface area (Å²) in [6.07, 6.45) is 6.30. The highest BCUT2D eigenvalue weighted by molar-refractivity contribution is 5.85. The zero-order valence-electron chi connectivity index (χ0n) is 10.9. The van der Waals surface area contributed by atoms with Crippen molar-refractivity contribution >= 4 is 12.0 Å². The van der Waals surface area contributed by atoms with E-state index in [-0.39, 0.29) is 5.82 Å². The Morgan fingerprint density at radius 2 is 2.22 bits per heavy atom. The Morgan fingerprint density at radius 3 is 2.94 bits per heavy atom. The molecule has 1 saturated heterocycles.